The van der Waals surface area contributed by atoms with Crippen molar-refractivity contribution in [2.75, 3.05) is 13.1 Å². The van der Waals surface area contributed by atoms with Gasteiger partial charge in [0.15, 0.2) is 5.78 Å². The minimum absolute atomic E-state index is 0.168. The molecule has 0 radical (unpaired) electrons. The van der Waals surface area contributed by atoms with Crippen molar-refractivity contribution in [3.05, 3.63) is 12.7 Å². The first kappa shape index (κ1) is 40.8. The molecule has 240 valence electrons. The fourth-order valence-corrected chi connectivity index (χ4v) is 4.97. The topological polar surface area (TPSA) is 151 Å². The van der Waals surface area contributed by atoms with Gasteiger partial charge in [-0.05, 0) is 44.4 Å². The smallest absolute Gasteiger partial charge is 0.312 e. The SMILES string of the molecule is C#CCCC(NC(=O)C1CCCN1C(=O)C(NC(N)=O)C1(C)CCCCCC1)C(C)=O.C=CCNC=O.CC.CCC. The number of urea groups is 1. The van der Waals surface area contributed by atoms with Crippen molar-refractivity contribution in [2.45, 2.75) is 130 Å². The third-order valence-corrected chi connectivity index (χ3v) is 7.04. The molecular formula is C32H57N5O5. The number of nitrogens with zero attached hydrogens (tertiary/aromatic N) is 1. The van der Waals surface area contributed by atoms with E-state index in [0.717, 1.165) is 38.5 Å². The lowest BCUT2D eigenvalue weighted by Crippen LogP contribution is -2.60. The lowest BCUT2D eigenvalue weighted by Gasteiger charge is -2.39. The Hall–Kier alpha value is -3.35. The molecule has 1 aliphatic heterocycles. The molecule has 1 saturated heterocycles. The molecular weight excluding hydrogens is 534 g/mol. The normalized spacial score (nSPS) is 18.1. The highest BCUT2D eigenvalue weighted by molar-refractivity contribution is 5.94. The Bertz CT molecular complexity index is 854. The zero-order chi connectivity index (χ0) is 32.6. The van der Waals surface area contributed by atoms with E-state index in [-0.39, 0.29) is 17.6 Å². The molecule has 3 unspecified atom stereocenters. The van der Waals surface area contributed by atoms with Crippen LogP contribution < -0.4 is 21.7 Å². The third kappa shape index (κ3) is 15.6. The molecule has 5 N–H and O–H groups in total. The van der Waals surface area contributed by atoms with Crippen LogP contribution in [0.5, 0.6) is 0 Å². The van der Waals surface area contributed by atoms with Crippen molar-refractivity contribution in [1.29, 1.82) is 0 Å². The fourth-order valence-electron chi connectivity index (χ4n) is 4.97. The lowest BCUT2D eigenvalue weighted by atomic mass is 9.75. The molecule has 5 amide bonds. The van der Waals surface area contributed by atoms with Crippen LogP contribution in [0.4, 0.5) is 4.79 Å². The number of hydrogen-bond donors (Lipinski definition) is 4. The van der Waals surface area contributed by atoms with Crippen molar-refractivity contribution in [3.63, 3.8) is 0 Å². The Kier molecular flexibility index (Phi) is 23.6. The molecule has 3 atom stereocenters. The number of nitrogens with one attached hydrogen (secondary N) is 3. The number of Topliss-reactive ketones (excluding diaryl/α,β-unsaturated/α-hetero) is 1. The van der Waals surface area contributed by atoms with Crippen LogP contribution in [0.25, 0.3) is 0 Å². The summed E-state index contributed by atoms with van der Waals surface area (Å²) in [5.74, 6) is 1.68. The second-order valence-electron chi connectivity index (χ2n) is 10.6. The number of terminal acetylenes is 1. The Morgan fingerprint density at radius 3 is 2.10 bits per heavy atom. The number of hydrogen-bond acceptors (Lipinski definition) is 5. The van der Waals surface area contributed by atoms with Crippen molar-refractivity contribution in [2.24, 2.45) is 11.1 Å². The van der Waals surface area contributed by atoms with Gasteiger partial charge in [0.05, 0.1) is 6.04 Å². The van der Waals surface area contributed by atoms with Crippen LogP contribution in [-0.2, 0) is 19.2 Å². The molecule has 1 heterocycles. The van der Waals surface area contributed by atoms with E-state index in [1.54, 1.807) is 11.0 Å². The van der Waals surface area contributed by atoms with Gasteiger partial charge in [-0.3, -0.25) is 19.2 Å². The highest BCUT2D eigenvalue weighted by Crippen LogP contribution is 2.39. The van der Waals surface area contributed by atoms with E-state index < -0.39 is 29.6 Å². The van der Waals surface area contributed by atoms with Gasteiger partial charge in [-0.15, -0.1) is 18.9 Å². The van der Waals surface area contributed by atoms with Gasteiger partial charge in [-0.1, -0.05) is 72.8 Å². The predicted molar refractivity (Wildman–Crippen MR) is 169 cm³/mol. The highest BCUT2D eigenvalue weighted by Gasteiger charge is 2.45. The summed E-state index contributed by atoms with van der Waals surface area (Å²) in [5, 5.41) is 7.85. The fraction of sp³-hybridized carbons (Fsp3) is 0.719. The van der Waals surface area contributed by atoms with Crippen LogP contribution >= 0.6 is 0 Å². The molecule has 10 nitrogen and oxygen atoms in total. The van der Waals surface area contributed by atoms with E-state index in [9.17, 15) is 24.0 Å². The van der Waals surface area contributed by atoms with Crippen LogP contribution in [0.15, 0.2) is 12.7 Å². The summed E-state index contributed by atoms with van der Waals surface area (Å²) in [6, 6.07) is -2.86. The van der Waals surface area contributed by atoms with Crippen LogP contribution in [0.2, 0.25) is 0 Å². The Labute approximate surface area is 254 Å². The monoisotopic (exact) mass is 591 g/mol. The highest BCUT2D eigenvalue weighted by atomic mass is 16.2. The molecule has 0 aromatic carbocycles. The number of amides is 5. The average Bonchev–Trinajstić information content (AvgIpc) is 3.36. The molecule has 0 aromatic rings. The Morgan fingerprint density at radius 2 is 1.67 bits per heavy atom. The molecule has 1 saturated carbocycles. The first-order chi connectivity index (χ1) is 20.0. The molecule has 0 spiro atoms. The molecule has 0 bridgehead atoms. The van der Waals surface area contributed by atoms with Gasteiger partial charge >= 0.3 is 6.03 Å². The predicted octanol–water partition coefficient (Wildman–Crippen LogP) is 4.22. The lowest BCUT2D eigenvalue weighted by molar-refractivity contribution is -0.143. The minimum Gasteiger partial charge on any atom is -0.355 e. The number of carbonyl (C=O) groups excluding carboxylic acids is 5. The second kappa shape index (κ2) is 24.3. The third-order valence-electron chi connectivity index (χ3n) is 7.04. The second-order valence-corrected chi connectivity index (χ2v) is 10.6. The zero-order valence-corrected chi connectivity index (χ0v) is 26.9. The molecule has 1 aliphatic carbocycles. The van der Waals surface area contributed by atoms with Gasteiger partial charge in [0.1, 0.15) is 12.1 Å². The van der Waals surface area contributed by atoms with E-state index in [0.29, 0.717) is 45.2 Å². The number of rotatable bonds is 11. The van der Waals surface area contributed by atoms with Gasteiger partial charge in [0.25, 0.3) is 0 Å². The van der Waals surface area contributed by atoms with Gasteiger partial charge in [0, 0.05) is 19.5 Å². The van der Waals surface area contributed by atoms with E-state index in [4.69, 9.17) is 12.2 Å². The summed E-state index contributed by atoms with van der Waals surface area (Å²) in [5.41, 5.74) is 5.01. The quantitative estimate of drug-likeness (QED) is 0.0932. The number of primary amides is 1. The van der Waals surface area contributed by atoms with Gasteiger partial charge in [-0.25, -0.2) is 4.79 Å². The first-order valence-electron chi connectivity index (χ1n) is 15.4. The number of likely N-dealkylation sites (tertiary alicyclic amines) is 1. The minimum atomic E-state index is -0.776. The van der Waals surface area contributed by atoms with E-state index >= 15 is 0 Å². The largest absolute Gasteiger partial charge is 0.355 e. The molecule has 2 aliphatic rings. The van der Waals surface area contributed by atoms with Crippen molar-refractivity contribution in [1.82, 2.24) is 20.9 Å². The van der Waals surface area contributed by atoms with Crippen molar-refractivity contribution < 1.29 is 24.0 Å². The standard InChI is InChI=1S/C23H36N4O4.C4H7NO.C3H8.C2H6/c1-4-5-11-17(16(2)28)25-20(29)18-12-10-15-27(18)21(30)19(26-22(24)31)23(3)13-8-6-7-9-14-23;1-2-3-5-4-6;1-3-2;1-2/h1,17-19H,5-15H2,2-3H3,(H,25,29)(H3,24,26,31);2,4H,1,3H2,(H,5,6);3H2,1-2H3;1-2H3. The summed E-state index contributed by atoms with van der Waals surface area (Å²) >= 11 is 0. The molecule has 0 aromatic heterocycles. The van der Waals surface area contributed by atoms with E-state index in [2.05, 4.69) is 42.3 Å². The number of nitrogens with two attached hydrogens (primary N) is 1. The Balaban J connectivity index is 0. The van der Waals surface area contributed by atoms with Gasteiger partial charge < -0.3 is 26.6 Å². The molecule has 2 fully saturated rings. The van der Waals surface area contributed by atoms with Gasteiger partial charge in [0.2, 0.25) is 18.2 Å². The summed E-state index contributed by atoms with van der Waals surface area (Å²) in [7, 11) is 0. The molecule has 42 heavy (non-hydrogen) atoms. The first-order valence-corrected chi connectivity index (χ1v) is 15.4. The maximum Gasteiger partial charge on any atom is 0.312 e. The summed E-state index contributed by atoms with van der Waals surface area (Å²) in [4.78, 5) is 61.2. The average molecular weight is 592 g/mol. The molecule has 2 rings (SSSR count). The zero-order valence-electron chi connectivity index (χ0n) is 26.9. The van der Waals surface area contributed by atoms with Crippen LogP contribution in [0.1, 0.15) is 112 Å². The van der Waals surface area contributed by atoms with Gasteiger partial charge in [-0.2, -0.15) is 0 Å². The maximum atomic E-state index is 13.6. The maximum absolute atomic E-state index is 13.6. The van der Waals surface area contributed by atoms with Crippen LogP contribution in [0.3, 0.4) is 0 Å². The molecule has 10 heteroatoms. The Morgan fingerprint density at radius 1 is 1.10 bits per heavy atom. The van der Waals surface area contributed by atoms with Crippen molar-refractivity contribution >= 4 is 30.0 Å². The summed E-state index contributed by atoms with van der Waals surface area (Å²) < 4.78 is 0. The van der Waals surface area contributed by atoms with E-state index in [1.807, 2.05) is 20.8 Å². The van der Waals surface area contributed by atoms with Crippen LogP contribution in [-0.4, -0.2) is 66.2 Å². The number of ketones is 1. The van der Waals surface area contributed by atoms with Crippen LogP contribution in [0, 0.1) is 17.8 Å². The summed E-state index contributed by atoms with van der Waals surface area (Å²) in [6.07, 6.45) is 16.5. The summed E-state index contributed by atoms with van der Waals surface area (Å²) in [6.45, 7) is 16.1. The van der Waals surface area contributed by atoms with E-state index in [1.165, 1.54) is 13.3 Å². The van der Waals surface area contributed by atoms with Crippen molar-refractivity contribution in [3.8, 4) is 12.3 Å². The number of carbonyl (C=O) groups is 5.